The fraction of sp³-hybridized carbons (Fsp3) is 0.0667. The third-order valence-corrected chi connectivity index (χ3v) is 3.32. The molecule has 0 saturated heterocycles. The van der Waals surface area contributed by atoms with Crippen LogP contribution in [0.1, 0.15) is 5.76 Å². The lowest BCUT2D eigenvalue weighted by molar-refractivity contribution is -0.384. The quantitative estimate of drug-likeness (QED) is 0.579. The number of benzene rings is 1. The molecule has 0 aliphatic carbocycles. The van der Waals surface area contributed by atoms with E-state index in [9.17, 15) is 24.1 Å². The van der Waals surface area contributed by atoms with Crippen LogP contribution in [0.15, 0.2) is 56.6 Å². The molecule has 2 aromatic heterocycles. The summed E-state index contributed by atoms with van der Waals surface area (Å²) in [4.78, 5) is 35.0. The van der Waals surface area contributed by atoms with E-state index in [1.54, 1.807) is 6.07 Å². The van der Waals surface area contributed by atoms with Gasteiger partial charge in [0.1, 0.15) is 11.5 Å². The maximum absolute atomic E-state index is 13.3. The number of H-pyrrole nitrogens is 1. The Bertz CT molecular complexity index is 1030. The molecule has 9 heteroatoms. The molecule has 0 amide bonds. The molecule has 8 nitrogen and oxygen atoms in total. The highest BCUT2D eigenvalue weighted by atomic mass is 19.1. The highest BCUT2D eigenvalue weighted by Gasteiger charge is 2.17. The molecule has 0 unspecified atom stereocenters. The Kier molecular flexibility index (Phi) is 3.82. The van der Waals surface area contributed by atoms with Crippen molar-refractivity contribution in [3.8, 4) is 11.3 Å². The van der Waals surface area contributed by atoms with Crippen molar-refractivity contribution in [2.24, 2.45) is 0 Å². The molecule has 0 fully saturated rings. The van der Waals surface area contributed by atoms with Crippen LogP contribution in [0.2, 0.25) is 0 Å². The summed E-state index contributed by atoms with van der Waals surface area (Å²) in [6, 6.07) is 9.08. The van der Waals surface area contributed by atoms with Gasteiger partial charge in [-0.25, -0.2) is 4.79 Å². The fourth-order valence-corrected chi connectivity index (χ4v) is 2.22. The van der Waals surface area contributed by atoms with Gasteiger partial charge >= 0.3 is 5.69 Å². The van der Waals surface area contributed by atoms with Crippen molar-refractivity contribution >= 4 is 5.69 Å². The van der Waals surface area contributed by atoms with E-state index in [2.05, 4.69) is 0 Å². The number of hydrogen-bond donors (Lipinski definition) is 1. The number of aromatic amines is 1. The second kappa shape index (κ2) is 5.95. The largest absolute Gasteiger partial charge is 0.459 e. The Morgan fingerprint density at radius 1 is 1.21 bits per heavy atom. The van der Waals surface area contributed by atoms with Crippen LogP contribution in [0, 0.1) is 15.9 Å². The standard InChI is InChI=1S/C15H10FN3O5/c16-11-8-18(15(21)17-14(11)20)7-9-5-6-13(24-9)10-3-1-2-4-12(10)19(22)23/h1-6,8H,7H2,(H,17,20,21). The zero-order chi connectivity index (χ0) is 17.3. The van der Waals surface area contributed by atoms with E-state index in [0.717, 1.165) is 10.8 Å². The van der Waals surface area contributed by atoms with Crippen LogP contribution >= 0.6 is 0 Å². The first-order chi connectivity index (χ1) is 11.5. The number of nitro benzene ring substituents is 1. The second-order valence-corrected chi connectivity index (χ2v) is 4.90. The summed E-state index contributed by atoms with van der Waals surface area (Å²) < 4.78 is 19.7. The maximum Gasteiger partial charge on any atom is 0.328 e. The Balaban J connectivity index is 1.95. The van der Waals surface area contributed by atoms with E-state index >= 15 is 0 Å². The molecule has 0 aliphatic rings. The van der Waals surface area contributed by atoms with Gasteiger partial charge < -0.3 is 4.42 Å². The molecule has 0 aliphatic heterocycles. The first-order valence-electron chi connectivity index (χ1n) is 6.77. The summed E-state index contributed by atoms with van der Waals surface area (Å²) in [5.41, 5.74) is -1.72. The summed E-state index contributed by atoms with van der Waals surface area (Å²) in [6.07, 6.45) is 0.772. The first kappa shape index (κ1) is 15.4. The Hall–Kier alpha value is -3.49. The Labute approximate surface area is 132 Å². The summed E-state index contributed by atoms with van der Waals surface area (Å²) in [5.74, 6) is -0.577. The van der Waals surface area contributed by atoms with Gasteiger partial charge in [-0.3, -0.25) is 24.5 Å². The minimum Gasteiger partial charge on any atom is -0.459 e. The van der Waals surface area contributed by atoms with Crippen LogP contribution in [0.5, 0.6) is 0 Å². The van der Waals surface area contributed by atoms with Gasteiger partial charge in [-0.15, -0.1) is 0 Å². The van der Waals surface area contributed by atoms with Gasteiger partial charge in [0.15, 0.2) is 0 Å². The Morgan fingerprint density at radius 3 is 2.71 bits per heavy atom. The molecule has 0 spiro atoms. The van der Waals surface area contributed by atoms with Crippen molar-refractivity contribution in [3.05, 3.63) is 85.1 Å². The predicted octanol–water partition coefficient (Wildman–Crippen LogP) is 1.89. The lowest BCUT2D eigenvalue weighted by Gasteiger charge is -2.02. The Morgan fingerprint density at radius 2 is 1.96 bits per heavy atom. The van der Waals surface area contributed by atoms with Crippen LogP contribution in [-0.4, -0.2) is 14.5 Å². The lowest BCUT2D eigenvalue weighted by atomic mass is 10.1. The summed E-state index contributed by atoms with van der Waals surface area (Å²) in [5, 5.41) is 11.1. The number of halogens is 1. The second-order valence-electron chi connectivity index (χ2n) is 4.90. The number of para-hydroxylation sites is 1. The zero-order valence-electron chi connectivity index (χ0n) is 12.1. The molecule has 0 radical (unpaired) electrons. The van der Waals surface area contributed by atoms with E-state index in [4.69, 9.17) is 4.42 Å². The molecule has 24 heavy (non-hydrogen) atoms. The lowest BCUT2D eigenvalue weighted by Crippen LogP contribution is -2.31. The number of hydrogen-bond acceptors (Lipinski definition) is 5. The topological polar surface area (TPSA) is 111 Å². The van der Waals surface area contributed by atoms with E-state index in [1.165, 1.54) is 30.3 Å². The summed E-state index contributed by atoms with van der Waals surface area (Å²) >= 11 is 0. The van der Waals surface area contributed by atoms with Crippen molar-refractivity contribution in [3.63, 3.8) is 0 Å². The van der Waals surface area contributed by atoms with Gasteiger partial charge in [0, 0.05) is 6.07 Å². The first-order valence-corrected chi connectivity index (χ1v) is 6.77. The van der Waals surface area contributed by atoms with Gasteiger partial charge in [0.25, 0.3) is 11.2 Å². The minimum absolute atomic E-state index is 0.120. The summed E-state index contributed by atoms with van der Waals surface area (Å²) in [7, 11) is 0. The highest BCUT2D eigenvalue weighted by molar-refractivity contribution is 5.69. The molecule has 3 rings (SSSR count). The van der Waals surface area contributed by atoms with E-state index in [1.807, 2.05) is 4.98 Å². The number of nitrogens with one attached hydrogen (secondary N) is 1. The predicted molar refractivity (Wildman–Crippen MR) is 81.2 cm³/mol. The van der Waals surface area contributed by atoms with Crippen LogP contribution in [0.25, 0.3) is 11.3 Å². The molecule has 2 heterocycles. The van der Waals surface area contributed by atoms with Crippen LogP contribution in [0.4, 0.5) is 10.1 Å². The van der Waals surface area contributed by atoms with Crippen LogP contribution in [-0.2, 0) is 6.54 Å². The molecule has 0 bridgehead atoms. The third kappa shape index (κ3) is 2.86. The molecule has 1 N–H and O–H groups in total. The SMILES string of the molecule is O=c1[nH]c(=O)n(Cc2ccc(-c3ccccc3[N+](=O)[O-])o2)cc1F. The number of nitrogens with zero attached hydrogens (tertiary/aromatic N) is 2. The molecule has 1 aromatic carbocycles. The van der Waals surface area contributed by atoms with Crippen molar-refractivity contribution < 1.29 is 13.7 Å². The number of aromatic nitrogens is 2. The molecule has 122 valence electrons. The zero-order valence-corrected chi connectivity index (χ0v) is 12.1. The van der Waals surface area contributed by atoms with Crippen molar-refractivity contribution in [2.45, 2.75) is 6.54 Å². The number of nitro groups is 1. The summed E-state index contributed by atoms with van der Waals surface area (Å²) in [6.45, 7) is -0.132. The maximum atomic E-state index is 13.3. The number of furan rings is 1. The van der Waals surface area contributed by atoms with Crippen LogP contribution in [0.3, 0.4) is 0 Å². The van der Waals surface area contributed by atoms with Gasteiger partial charge in [0.2, 0.25) is 5.82 Å². The van der Waals surface area contributed by atoms with Gasteiger partial charge in [-0.05, 0) is 18.2 Å². The van der Waals surface area contributed by atoms with Gasteiger partial charge in [-0.2, -0.15) is 4.39 Å². The third-order valence-electron chi connectivity index (χ3n) is 3.32. The minimum atomic E-state index is -1.10. The van der Waals surface area contributed by atoms with Gasteiger partial charge in [-0.1, -0.05) is 12.1 Å². The molecular weight excluding hydrogens is 321 g/mol. The van der Waals surface area contributed by atoms with Crippen molar-refractivity contribution in [1.29, 1.82) is 0 Å². The highest BCUT2D eigenvalue weighted by Crippen LogP contribution is 2.30. The monoisotopic (exact) mass is 331 g/mol. The molecule has 3 aromatic rings. The molecule has 0 atom stereocenters. The average molecular weight is 331 g/mol. The average Bonchev–Trinajstić information content (AvgIpc) is 3.01. The van der Waals surface area contributed by atoms with Crippen molar-refractivity contribution in [1.82, 2.24) is 9.55 Å². The normalized spacial score (nSPS) is 10.7. The van der Waals surface area contributed by atoms with Crippen LogP contribution < -0.4 is 11.2 Å². The van der Waals surface area contributed by atoms with E-state index in [0.29, 0.717) is 0 Å². The van der Waals surface area contributed by atoms with E-state index < -0.39 is 22.0 Å². The molecule has 0 saturated carbocycles. The fourth-order valence-electron chi connectivity index (χ4n) is 2.22. The number of rotatable bonds is 4. The van der Waals surface area contributed by atoms with Crippen molar-refractivity contribution in [2.75, 3.05) is 0 Å². The van der Waals surface area contributed by atoms with Gasteiger partial charge in [0.05, 0.1) is 23.2 Å². The smallest absolute Gasteiger partial charge is 0.328 e. The van der Waals surface area contributed by atoms with E-state index in [-0.39, 0.29) is 29.3 Å². The molecular formula is C15H10FN3O5.